The number of fused-ring (bicyclic) bond motifs is 2. The molecular weight excluding hydrogens is 366 g/mol. The highest BCUT2D eigenvalue weighted by Gasteiger charge is 2.36. The molecule has 3 N–H and O–H groups in total. The summed E-state index contributed by atoms with van der Waals surface area (Å²) in [5.74, 6) is -0.0857. The molecule has 2 aromatic rings. The fourth-order valence-corrected chi connectivity index (χ4v) is 4.71. The van der Waals surface area contributed by atoms with Gasteiger partial charge in [-0.05, 0) is 50.1 Å². The second-order valence-corrected chi connectivity index (χ2v) is 7.80. The van der Waals surface area contributed by atoms with Crippen LogP contribution >= 0.6 is 0 Å². The predicted molar refractivity (Wildman–Crippen MR) is 115 cm³/mol. The highest BCUT2D eigenvalue weighted by molar-refractivity contribution is 6.06. The minimum absolute atomic E-state index is 0.0260. The summed E-state index contributed by atoms with van der Waals surface area (Å²) in [6.07, 6.45) is 2.98. The standard InChI is InChI=1S/C22H29N5O2/c1-5-27(6-2)22(29)24-13-10-15-14-8-7-9-17-19(14)16(11-18(15)26(4)12-13)20(25-17)21(28)23-3/h7-10,13,18,25H,5-6,11-12H2,1-4H3,(H,23,28)(H,24,29)/t13?,18-/m1/s1. The molecule has 2 atom stereocenters. The average molecular weight is 396 g/mol. The Kier molecular flexibility index (Phi) is 5.08. The highest BCUT2D eigenvalue weighted by atomic mass is 16.2. The Bertz CT molecular complexity index is 988. The predicted octanol–water partition coefficient (Wildman–Crippen LogP) is 2.20. The highest BCUT2D eigenvalue weighted by Crippen LogP contribution is 2.41. The van der Waals surface area contributed by atoms with Crippen LogP contribution in [-0.4, -0.2) is 72.5 Å². The van der Waals surface area contributed by atoms with Crippen molar-refractivity contribution in [3.05, 3.63) is 41.1 Å². The summed E-state index contributed by atoms with van der Waals surface area (Å²) in [6, 6.07) is 6.27. The van der Waals surface area contributed by atoms with Crippen molar-refractivity contribution in [1.82, 2.24) is 25.4 Å². The van der Waals surface area contributed by atoms with Crippen molar-refractivity contribution in [2.45, 2.75) is 32.4 Å². The minimum Gasteiger partial charge on any atom is -0.354 e. The number of amides is 3. The van der Waals surface area contributed by atoms with E-state index in [1.54, 1.807) is 11.9 Å². The molecule has 1 unspecified atom stereocenters. The van der Waals surface area contributed by atoms with Crippen LogP contribution in [0.5, 0.6) is 0 Å². The van der Waals surface area contributed by atoms with Gasteiger partial charge in [-0.3, -0.25) is 9.69 Å². The van der Waals surface area contributed by atoms with Crippen molar-refractivity contribution in [2.75, 3.05) is 33.7 Å². The van der Waals surface area contributed by atoms with Crippen LogP contribution in [0.3, 0.4) is 0 Å². The third-order valence-corrected chi connectivity index (χ3v) is 6.21. The van der Waals surface area contributed by atoms with Crippen LogP contribution in [-0.2, 0) is 6.42 Å². The van der Waals surface area contributed by atoms with E-state index in [4.69, 9.17) is 0 Å². The van der Waals surface area contributed by atoms with E-state index in [0.29, 0.717) is 18.8 Å². The molecule has 0 fully saturated rings. The molecule has 0 spiro atoms. The molecule has 7 nitrogen and oxygen atoms in total. The van der Waals surface area contributed by atoms with Crippen molar-refractivity contribution < 1.29 is 9.59 Å². The first-order valence-electron chi connectivity index (χ1n) is 10.3. The van der Waals surface area contributed by atoms with E-state index in [9.17, 15) is 9.59 Å². The van der Waals surface area contributed by atoms with E-state index in [2.05, 4.69) is 39.7 Å². The first-order chi connectivity index (χ1) is 14.0. The van der Waals surface area contributed by atoms with E-state index in [0.717, 1.165) is 35.0 Å². The van der Waals surface area contributed by atoms with Crippen LogP contribution in [0.25, 0.3) is 16.5 Å². The van der Waals surface area contributed by atoms with Gasteiger partial charge in [0.1, 0.15) is 5.69 Å². The molecular formula is C22H29N5O2. The Morgan fingerprint density at radius 2 is 2.03 bits per heavy atom. The van der Waals surface area contributed by atoms with Gasteiger partial charge in [0.25, 0.3) is 5.91 Å². The van der Waals surface area contributed by atoms with Gasteiger partial charge in [-0.15, -0.1) is 0 Å². The van der Waals surface area contributed by atoms with E-state index in [-0.39, 0.29) is 24.0 Å². The quantitative estimate of drug-likeness (QED) is 0.742. The number of H-pyrrole nitrogens is 1. The molecule has 1 aliphatic carbocycles. The molecule has 1 aromatic heterocycles. The van der Waals surface area contributed by atoms with Crippen LogP contribution in [0.2, 0.25) is 0 Å². The van der Waals surface area contributed by atoms with E-state index in [1.807, 2.05) is 26.0 Å². The van der Waals surface area contributed by atoms with Crippen molar-refractivity contribution in [3.63, 3.8) is 0 Å². The summed E-state index contributed by atoms with van der Waals surface area (Å²) >= 11 is 0. The van der Waals surface area contributed by atoms with Gasteiger partial charge in [0.2, 0.25) is 0 Å². The number of nitrogens with zero attached hydrogens (tertiary/aromatic N) is 2. The molecule has 0 saturated heterocycles. The largest absolute Gasteiger partial charge is 0.354 e. The molecule has 1 aromatic carbocycles. The van der Waals surface area contributed by atoms with Crippen LogP contribution in [0.1, 0.15) is 35.5 Å². The average Bonchev–Trinajstić information content (AvgIpc) is 3.09. The molecule has 4 rings (SSSR count). The topological polar surface area (TPSA) is 80.5 Å². The second-order valence-electron chi connectivity index (χ2n) is 7.80. The van der Waals surface area contributed by atoms with Gasteiger partial charge in [-0.2, -0.15) is 0 Å². The molecule has 29 heavy (non-hydrogen) atoms. The summed E-state index contributed by atoms with van der Waals surface area (Å²) in [5.41, 5.74) is 5.08. The van der Waals surface area contributed by atoms with E-state index in [1.165, 1.54) is 5.57 Å². The molecule has 0 bridgehead atoms. The summed E-state index contributed by atoms with van der Waals surface area (Å²) in [6.45, 7) is 6.11. The monoisotopic (exact) mass is 395 g/mol. The van der Waals surface area contributed by atoms with E-state index < -0.39 is 0 Å². The van der Waals surface area contributed by atoms with Gasteiger partial charge in [-0.1, -0.05) is 18.2 Å². The fourth-order valence-electron chi connectivity index (χ4n) is 4.71. The zero-order valence-corrected chi connectivity index (χ0v) is 17.5. The first kappa shape index (κ1) is 19.5. The maximum Gasteiger partial charge on any atom is 0.317 e. The molecule has 154 valence electrons. The van der Waals surface area contributed by atoms with Gasteiger partial charge in [0, 0.05) is 43.6 Å². The number of hydrogen-bond acceptors (Lipinski definition) is 3. The molecule has 2 aliphatic rings. The molecule has 3 amide bonds. The number of rotatable bonds is 4. The Balaban J connectivity index is 1.75. The van der Waals surface area contributed by atoms with Crippen LogP contribution in [0.15, 0.2) is 24.3 Å². The number of likely N-dealkylation sites (N-methyl/N-ethyl adjacent to an activating group) is 1. The maximum atomic E-state index is 12.6. The lowest BCUT2D eigenvalue weighted by Crippen LogP contribution is -2.52. The van der Waals surface area contributed by atoms with Gasteiger partial charge in [-0.25, -0.2) is 4.79 Å². The van der Waals surface area contributed by atoms with Crippen molar-refractivity contribution in [2.24, 2.45) is 0 Å². The fraction of sp³-hybridized carbons (Fsp3) is 0.455. The lowest BCUT2D eigenvalue weighted by atomic mass is 9.80. The second kappa shape index (κ2) is 7.55. The SMILES string of the molecule is CCN(CC)C(=O)NC1C=C2c3cccc4[nH]c(C(=O)NC)c(c34)C[C@H]2N(C)C1. The number of carbonyl (C=O) groups excluding carboxylic acids is 2. The number of aromatic nitrogens is 1. The molecule has 0 saturated carbocycles. The summed E-state index contributed by atoms with van der Waals surface area (Å²) in [5, 5.41) is 7.04. The summed E-state index contributed by atoms with van der Waals surface area (Å²) < 4.78 is 0. The van der Waals surface area contributed by atoms with Crippen molar-refractivity contribution in [1.29, 1.82) is 0 Å². The Hall–Kier alpha value is -2.80. The Morgan fingerprint density at radius 3 is 2.72 bits per heavy atom. The van der Waals surface area contributed by atoms with E-state index >= 15 is 0 Å². The van der Waals surface area contributed by atoms with Crippen LogP contribution in [0.4, 0.5) is 4.79 Å². The molecule has 7 heteroatoms. The molecule has 0 radical (unpaired) electrons. The smallest absolute Gasteiger partial charge is 0.317 e. The molecule has 1 aliphatic heterocycles. The number of aromatic amines is 1. The third kappa shape index (κ3) is 3.19. The Labute approximate surface area is 171 Å². The number of urea groups is 1. The molecule has 2 heterocycles. The number of carbonyl (C=O) groups is 2. The van der Waals surface area contributed by atoms with Crippen LogP contribution < -0.4 is 10.6 Å². The Morgan fingerprint density at radius 1 is 1.28 bits per heavy atom. The lowest BCUT2D eigenvalue weighted by Gasteiger charge is -2.40. The van der Waals surface area contributed by atoms with Gasteiger partial charge in [0.15, 0.2) is 0 Å². The van der Waals surface area contributed by atoms with Crippen molar-refractivity contribution >= 4 is 28.4 Å². The van der Waals surface area contributed by atoms with Gasteiger partial charge < -0.3 is 20.5 Å². The van der Waals surface area contributed by atoms with Crippen LogP contribution in [0, 0.1) is 0 Å². The number of hydrogen-bond donors (Lipinski definition) is 3. The van der Waals surface area contributed by atoms with Gasteiger partial charge >= 0.3 is 6.03 Å². The summed E-state index contributed by atoms with van der Waals surface area (Å²) in [7, 11) is 3.75. The maximum absolute atomic E-state index is 12.6. The number of nitrogens with one attached hydrogen (secondary N) is 3. The number of benzene rings is 1. The van der Waals surface area contributed by atoms with Gasteiger partial charge in [0.05, 0.1) is 6.04 Å². The zero-order valence-electron chi connectivity index (χ0n) is 17.5. The first-order valence-corrected chi connectivity index (χ1v) is 10.3. The lowest BCUT2D eigenvalue weighted by molar-refractivity contribution is 0.0957. The zero-order chi connectivity index (χ0) is 20.7. The minimum atomic E-state index is -0.0857. The van der Waals surface area contributed by atoms with Crippen molar-refractivity contribution in [3.8, 4) is 0 Å². The summed E-state index contributed by atoms with van der Waals surface area (Å²) in [4.78, 5) is 32.4. The normalized spacial score (nSPS) is 20.8. The third-order valence-electron chi connectivity index (χ3n) is 6.21.